The van der Waals surface area contributed by atoms with Gasteiger partial charge >= 0.3 is 0 Å². The SMILES string of the molecule is Cc1nn(CC(F)F)cc1-c1ccc(-c2cnc(C(=O)Nc3ccc(C(=O)N4CCN(C(=O)C5CCNCC5)CC4)c(Cl)c3)n2C)c(F)c1F. The van der Waals surface area contributed by atoms with Crippen LogP contribution in [0.15, 0.2) is 42.7 Å². The first-order valence-electron chi connectivity index (χ1n) is 16.1. The van der Waals surface area contributed by atoms with Gasteiger partial charge in [-0.15, -0.1) is 0 Å². The van der Waals surface area contributed by atoms with E-state index in [0.29, 0.717) is 26.2 Å². The second-order valence-corrected chi connectivity index (χ2v) is 12.8. The number of piperazine rings is 1. The first-order chi connectivity index (χ1) is 23.9. The number of benzene rings is 2. The van der Waals surface area contributed by atoms with Gasteiger partial charge in [-0.25, -0.2) is 22.5 Å². The topological polar surface area (TPSA) is 117 Å². The number of imidazole rings is 1. The summed E-state index contributed by atoms with van der Waals surface area (Å²) in [6, 6.07) is 7.11. The smallest absolute Gasteiger partial charge is 0.291 e. The summed E-state index contributed by atoms with van der Waals surface area (Å²) in [7, 11) is 1.47. The molecule has 2 aromatic heterocycles. The zero-order chi connectivity index (χ0) is 35.7. The zero-order valence-corrected chi connectivity index (χ0v) is 28.1. The normalized spacial score (nSPS) is 15.5. The fourth-order valence-electron chi connectivity index (χ4n) is 6.42. The van der Waals surface area contributed by atoms with Crippen molar-refractivity contribution in [1.82, 2.24) is 34.4 Å². The Labute approximate surface area is 290 Å². The Morgan fingerprint density at radius 2 is 1.64 bits per heavy atom. The van der Waals surface area contributed by atoms with Gasteiger partial charge in [0.2, 0.25) is 5.91 Å². The molecule has 0 aliphatic carbocycles. The molecule has 0 radical (unpaired) electrons. The lowest BCUT2D eigenvalue weighted by molar-refractivity contribution is -0.137. The number of halogens is 5. The van der Waals surface area contributed by atoms with E-state index >= 15 is 8.78 Å². The van der Waals surface area contributed by atoms with Crippen LogP contribution >= 0.6 is 11.6 Å². The molecule has 2 fully saturated rings. The predicted molar refractivity (Wildman–Crippen MR) is 178 cm³/mol. The van der Waals surface area contributed by atoms with Crippen LogP contribution in [0, 0.1) is 24.5 Å². The second kappa shape index (κ2) is 14.6. The van der Waals surface area contributed by atoms with Crippen molar-refractivity contribution in [3.05, 3.63) is 76.5 Å². The maximum atomic E-state index is 15.4. The zero-order valence-electron chi connectivity index (χ0n) is 27.4. The van der Waals surface area contributed by atoms with Gasteiger partial charge in [0.1, 0.15) is 6.54 Å². The number of rotatable bonds is 8. The standard InChI is InChI=1S/C34H35ClF4N8O3/c1-19-25(17-47(43-19)18-28(36)37)22-5-6-24(30(39)29(22)38)27-16-41-31(44(27)2)32(48)42-21-3-4-23(26(35)15-21)34(50)46-13-11-45(12-14-46)33(49)20-7-9-40-10-8-20/h3-6,15-17,20,28,40H,7-14,18H2,1-2H3,(H,42,48). The fourth-order valence-corrected chi connectivity index (χ4v) is 6.69. The fraction of sp³-hybridized carbons (Fsp3) is 0.382. The Balaban J connectivity index is 1.11. The molecule has 0 saturated carbocycles. The summed E-state index contributed by atoms with van der Waals surface area (Å²) in [4.78, 5) is 46.9. The van der Waals surface area contributed by atoms with Crippen molar-refractivity contribution < 1.29 is 31.9 Å². The van der Waals surface area contributed by atoms with E-state index in [1.165, 1.54) is 61.3 Å². The van der Waals surface area contributed by atoms with Gasteiger partial charge in [-0.3, -0.25) is 19.1 Å². The Bertz CT molecular complexity index is 1930. The summed E-state index contributed by atoms with van der Waals surface area (Å²) in [5.41, 5.74) is 0.760. The molecular weight excluding hydrogens is 680 g/mol. The molecule has 2 aliphatic rings. The molecule has 0 atom stereocenters. The van der Waals surface area contributed by atoms with Crippen molar-refractivity contribution in [2.75, 3.05) is 44.6 Å². The molecule has 2 saturated heterocycles. The molecule has 11 nitrogen and oxygen atoms in total. The average molecular weight is 715 g/mol. The Kier molecular flexibility index (Phi) is 10.3. The minimum Gasteiger partial charge on any atom is -0.339 e. The summed E-state index contributed by atoms with van der Waals surface area (Å²) >= 11 is 6.49. The molecule has 264 valence electrons. The molecule has 0 bridgehead atoms. The lowest BCUT2D eigenvalue weighted by atomic mass is 9.96. The number of aryl methyl sites for hydroxylation is 1. The van der Waals surface area contributed by atoms with Gasteiger partial charge < -0.3 is 25.0 Å². The number of amides is 3. The number of hydrogen-bond donors (Lipinski definition) is 2. The van der Waals surface area contributed by atoms with Crippen LogP contribution in [0.5, 0.6) is 0 Å². The highest BCUT2D eigenvalue weighted by Crippen LogP contribution is 2.33. The number of alkyl halides is 2. The largest absolute Gasteiger partial charge is 0.339 e. The number of aromatic nitrogens is 4. The number of hydrogen-bond acceptors (Lipinski definition) is 6. The summed E-state index contributed by atoms with van der Waals surface area (Å²) in [6.07, 6.45) is 1.43. The number of piperidine rings is 1. The number of carbonyl (C=O) groups excluding carboxylic acids is 3. The van der Waals surface area contributed by atoms with Crippen LogP contribution in [0.1, 0.15) is 39.5 Å². The first kappa shape index (κ1) is 35.1. The van der Waals surface area contributed by atoms with E-state index in [2.05, 4.69) is 20.7 Å². The van der Waals surface area contributed by atoms with E-state index in [9.17, 15) is 23.2 Å². The summed E-state index contributed by atoms with van der Waals surface area (Å²) in [5, 5.41) is 10.0. The van der Waals surface area contributed by atoms with Crippen LogP contribution in [-0.4, -0.2) is 92.5 Å². The van der Waals surface area contributed by atoms with Crippen molar-refractivity contribution in [1.29, 1.82) is 0 Å². The van der Waals surface area contributed by atoms with Gasteiger partial charge in [-0.1, -0.05) is 17.7 Å². The molecule has 2 N–H and O–H groups in total. The highest BCUT2D eigenvalue weighted by atomic mass is 35.5. The number of anilines is 1. The monoisotopic (exact) mass is 714 g/mol. The average Bonchev–Trinajstić information content (AvgIpc) is 3.66. The first-order valence-corrected chi connectivity index (χ1v) is 16.5. The molecule has 6 rings (SSSR count). The molecular formula is C34H35ClF4N8O3. The third kappa shape index (κ3) is 7.10. The van der Waals surface area contributed by atoms with E-state index < -0.39 is 30.5 Å². The highest BCUT2D eigenvalue weighted by molar-refractivity contribution is 6.34. The number of carbonyl (C=O) groups is 3. The minimum absolute atomic E-state index is 0.0145. The van der Waals surface area contributed by atoms with Crippen molar-refractivity contribution in [3.8, 4) is 22.4 Å². The second-order valence-electron chi connectivity index (χ2n) is 12.3. The van der Waals surface area contributed by atoms with E-state index in [4.69, 9.17) is 11.6 Å². The molecule has 16 heteroatoms. The van der Waals surface area contributed by atoms with Crippen LogP contribution in [-0.2, 0) is 18.4 Å². The van der Waals surface area contributed by atoms with E-state index in [1.54, 1.807) is 4.90 Å². The molecule has 4 heterocycles. The van der Waals surface area contributed by atoms with Crippen LogP contribution < -0.4 is 10.6 Å². The third-order valence-electron chi connectivity index (χ3n) is 9.14. The van der Waals surface area contributed by atoms with E-state index in [0.717, 1.165) is 30.6 Å². The molecule has 0 unspecified atom stereocenters. The van der Waals surface area contributed by atoms with Gasteiger partial charge in [0, 0.05) is 67.7 Å². The summed E-state index contributed by atoms with van der Waals surface area (Å²) in [6.45, 7) is 4.13. The Morgan fingerprint density at radius 1 is 0.980 bits per heavy atom. The van der Waals surface area contributed by atoms with Gasteiger partial charge in [0.25, 0.3) is 18.2 Å². The highest BCUT2D eigenvalue weighted by Gasteiger charge is 2.31. The van der Waals surface area contributed by atoms with Crippen LogP contribution in [0.3, 0.4) is 0 Å². The van der Waals surface area contributed by atoms with Gasteiger partial charge in [0.05, 0.1) is 28.2 Å². The van der Waals surface area contributed by atoms with Crippen molar-refractivity contribution >= 4 is 35.0 Å². The summed E-state index contributed by atoms with van der Waals surface area (Å²) in [5.74, 6) is -3.32. The molecule has 2 aromatic carbocycles. The minimum atomic E-state index is -2.66. The van der Waals surface area contributed by atoms with Gasteiger partial charge in [0.15, 0.2) is 17.5 Å². The molecule has 0 spiro atoms. The molecule has 50 heavy (non-hydrogen) atoms. The van der Waals surface area contributed by atoms with Crippen molar-refractivity contribution in [2.24, 2.45) is 13.0 Å². The van der Waals surface area contributed by atoms with Gasteiger partial charge in [-0.2, -0.15) is 5.10 Å². The van der Waals surface area contributed by atoms with Crippen LogP contribution in [0.4, 0.5) is 23.2 Å². The molecule has 2 aliphatic heterocycles. The Hall–Kier alpha value is -4.76. The van der Waals surface area contributed by atoms with Gasteiger partial charge in [-0.05, 0) is 57.1 Å². The molecule has 4 aromatic rings. The number of nitrogens with one attached hydrogen (secondary N) is 2. The number of nitrogens with zero attached hydrogens (tertiary/aromatic N) is 6. The maximum Gasteiger partial charge on any atom is 0.291 e. The van der Waals surface area contributed by atoms with E-state index in [1.807, 2.05) is 4.90 Å². The predicted octanol–water partition coefficient (Wildman–Crippen LogP) is 4.99. The van der Waals surface area contributed by atoms with E-state index in [-0.39, 0.29) is 67.9 Å². The molecule has 3 amide bonds. The third-order valence-corrected chi connectivity index (χ3v) is 9.45. The maximum absolute atomic E-state index is 15.4. The lowest BCUT2D eigenvalue weighted by Crippen LogP contribution is -2.52. The lowest BCUT2D eigenvalue weighted by Gasteiger charge is -2.37. The van der Waals surface area contributed by atoms with Crippen molar-refractivity contribution in [3.63, 3.8) is 0 Å². The van der Waals surface area contributed by atoms with Crippen LogP contribution in [0.2, 0.25) is 5.02 Å². The van der Waals surface area contributed by atoms with Crippen molar-refractivity contribution in [2.45, 2.75) is 32.7 Å². The van der Waals surface area contributed by atoms with Crippen LogP contribution in [0.25, 0.3) is 22.4 Å². The summed E-state index contributed by atoms with van der Waals surface area (Å²) < 4.78 is 58.6. The Morgan fingerprint density at radius 3 is 2.32 bits per heavy atom. The quantitative estimate of drug-likeness (QED) is 0.249.